The molecule has 4 heteroatoms. The summed E-state index contributed by atoms with van der Waals surface area (Å²) in [5.74, 6) is 4.05. The van der Waals surface area contributed by atoms with E-state index in [2.05, 4.69) is 5.32 Å². The first-order valence-corrected chi connectivity index (χ1v) is 7.64. The maximum absolute atomic E-state index is 6.46. The minimum absolute atomic E-state index is 0.301. The van der Waals surface area contributed by atoms with Crippen molar-refractivity contribution in [1.82, 2.24) is 5.32 Å². The predicted octanol–water partition coefficient (Wildman–Crippen LogP) is 3.66. The number of ether oxygens (including phenoxy) is 2. The Hall–Kier alpha value is -0.930. The second kappa shape index (κ2) is 5.45. The second-order valence-corrected chi connectivity index (χ2v) is 6.39. The van der Waals surface area contributed by atoms with Crippen LogP contribution in [0.25, 0.3) is 0 Å². The summed E-state index contributed by atoms with van der Waals surface area (Å²) in [5.41, 5.74) is 1.12. The highest BCUT2D eigenvalue weighted by Crippen LogP contribution is 2.57. The molecule has 0 aromatic heterocycles. The Morgan fingerprint density at radius 2 is 1.70 bits per heavy atom. The van der Waals surface area contributed by atoms with Crippen molar-refractivity contribution >= 4 is 11.6 Å². The smallest absolute Gasteiger partial charge is 0.162 e. The van der Waals surface area contributed by atoms with Gasteiger partial charge in [0.1, 0.15) is 0 Å². The van der Waals surface area contributed by atoms with Crippen LogP contribution in [-0.2, 0) is 0 Å². The molecule has 1 aromatic carbocycles. The van der Waals surface area contributed by atoms with Crippen molar-refractivity contribution in [2.45, 2.75) is 25.3 Å². The number of benzene rings is 1. The first-order valence-electron chi connectivity index (χ1n) is 7.26. The van der Waals surface area contributed by atoms with E-state index in [9.17, 15) is 0 Å². The van der Waals surface area contributed by atoms with Crippen molar-refractivity contribution in [2.24, 2.45) is 17.8 Å². The van der Waals surface area contributed by atoms with Crippen LogP contribution in [0, 0.1) is 17.8 Å². The Labute approximate surface area is 125 Å². The number of halogens is 1. The molecule has 0 bridgehead atoms. The van der Waals surface area contributed by atoms with Crippen molar-refractivity contribution in [3.63, 3.8) is 0 Å². The molecule has 1 aromatic rings. The van der Waals surface area contributed by atoms with E-state index in [1.807, 2.05) is 19.2 Å². The SMILES string of the molecule is CNC(c1cc(OC)c(OC)cc1Cl)C1CC2CC2C1. The standard InChI is InChI=1S/C16H22ClNO2/c1-18-16(11-5-9-4-10(9)6-11)12-7-14(19-2)15(20-3)8-13(12)17/h7-11,16,18H,4-6H2,1-3H3. The molecule has 0 saturated heterocycles. The van der Waals surface area contributed by atoms with Crippen molar-refractivity contribution in [2.75, 3.05) is 21.3 Å². The summed E-state index contributed by atoms with van der Waals surface area (Å²) in [7, 11) is 5.31. The van der Waals surface area contributed by atoms with Gasteiger partial charge < -0.3 is 14.8 Å². The van der Waals surface area contributed by atoms with Gasteiger partial charge in [-0.05, 0) is 55.7 Å². The monoisotopic (exact) mass is 295 g/mol. The summed E-state index contributed by atoms with van der Waals surface area (Å²) in [4.78, 5) is 0. The van der Waals surface area contributed by atoms with E-state index < -0.39 is 0 Å². The molecular formula is C16H22ClNO2. The van der Waals surface area contributed by atoms with Crippen LogP contribution in [0.15, 0.2) is 12.1 Å². The van der Waals surface area contributed by atoms with Crippen molar-refractivity contribution in [3.05, 3.63) is 22.7 Å². The zero-order valence-electron chi connectivity index (χ0n) is 12.3. The molecule has 20 heavy (non-hydrogen) atoms. The quantitative estimate of drug-likeness (QED) is 0.899. The van der Waals surface area contributed by atoms with Gasteiger partial charge in [0.15, 0.2) is 11.5 Å². The molecule has 0 radical (unpaired) electrons. The van der Waals surface area contributed by atoms with Crippen LogP contribution in [0.4, 0.5) is 0 Å². The number of nitrogens with one attached hydrogen (secondary N) is 1. The fourth-order valence-electron chi connectivity index (χ4n) is 3.79. The average Bonchev–Trinajstić information content (AvgIpc) is 3.07. The summed E-state index contributed by atoms with van der Waals surface area (Å²) in [6.07, 6.45) is 4.08. The summed E-state index contributed by atoms with van der Waals surface area (Å²) in [5, 5.41) is 4.20. The Balaban J connectivity index is 1.90. The normalized spacial score (nSPS) is 28.9. The van der Waals surface area contributed by atoms with Gasteiger partial charge in [0.2, 0.25) is 0 Å². The maximum Gasteiger partial charge on any atom is 0.162 e. The van der Waals surface area contributed by atoms with E-state index in [0.717, 1.165) is 28.2 Å². The first-order chi connectivity index (χ1) is 9.67. The Morgan fingerprint density at radius 3 is 2.25 bits per heavy atom. The molecule has 3 rings (SSSR count). The molecule has 3 atom stereocenters. The average molecular weight is 296 g/mol. The number of hydrogen-bond donors (Lipinski definition) is 1. The van der Waals surface area contributed by atoms with Crippen LogP contribution >= 0.6 is 11.6 Å². The summed E-state index contributed by atoms with van der Waals surface area (Å²) in [6.45, 7) is 0. The number of methoxy groups -OCH3 is 2. The van der Waals surface area contributed by atoms with Gasteiger partial charge in [0.25, 0.3) is 0 Å². The molecule has 2 fully saturated rings. The highest BCUT2D eigenvalue weighted by atomic mass is 35.5. The van der Waals surface area contributed by atoms with E-state index >= 15 is 0 Å². The fraction of sp³-hybridized carbons (Fsp3) is 0.625. The van der Waals surface area contributed by atoms with Crippen molar-refractivity contribution in [1.29, 1.82) is 0 Å². The van der Waals surface area contributed by atoms with Gasteiger partial charge in [0, 0.05) is 17.1 Å². The fourth-order valence-corrected chi connectivity index (χ4v) is 4.06. The zero-order valence-corrected chi connectivity index (χ0v) is 13.0. The van der Waals surface area contributed by atoms with E-state index in [1.165, 1.54) is 19.3 Å². The molecule has 110 valence electrons. The first kappa shape index (κ1) is 14.0. The number of rotatable bonds is 5. The van der Waals surface area contributed by atoms with E-state index in [0.29, 0.717) is 17.7 Å². The van der Waals surface area contributed by atoms with Gasteiger partial charge in [-0.15, -0.1) is 0 Å². The van der Waals surface area contributed by atoms with Gasteiger partial charge in [-0.3, -0.25) is 0 Å². The molecule has 1 N–H and O–H groups in total. The number of fused-ring (bicyclic) bond motifs is 1. The lowest BCUT2D eigenvalue weighted by atomic mass is 9.89. The van der Waals surface area contributed by atoms with Crippen LogP contribution in [0.3, 0.4) is 0 Å². The van der Waals surface area contributed by atoms with Gasteiger partial charge in [-0.25, -0.2) is 0 Å². The molecule has 2 saturated carbocycles. The Morgan fingerprint density at radius 1 is 1.10 bits per heavy atom. The minimum atomic E-state index is 0.301. The third-order valence-corrected chi connectivity index (χ3v) is 5.23. The molecule has 3 nitrogen and oxygen atoms in total. The van der Waals surface area contributed by atoms with Crippen molar-refractivity contribution < 1.29 is 9.47 Å². The lowest BCUT2D eigenvalue weighted by Crippen LogP contribution is -2.25. The van der Waals surface area contributed by atoms with Crippen LogP contribution in [0.5, 0.6) is 11.5 Å². The third-order valence-electron chi connectivity index (χ3n) is 4.90. The van der Waals surface area contributed by atoms with Crippen LogP contribution in [0.1, 0.15) is 30.9 Å². The molecule has 3 unspecified atom stereocenters. The predicted molar refractivity (Wildman–Crippen MR) is 80.7 cm³/mol. The number of hydrogen-bond acceptors (Lipinski definition) is 3. The largest absolute Gasteiger partial charge is 0.493 e. The van der Waals surface area contributed by atoms with E-state index in [-0.39, 0.29) is 0 Å². The van der Waals surface area contributed by atoms with Gasteiger partial charge >= 0.3 is 0 Å². The summed E-state index contributed by atoms with van der Waals surface area (Å²) < 4.78 is 10.7. The summed E-state index contributed by atoms with van der Waals surface area (Å²) in [6, 6.07) is 4.18. The van der Waals surface area contributed by atoms with E-state index in [1.54, 1.807) is 14.2 Å². The van der Waals surface area contributed by atoms with Gasteiger partial charge in [0.05, 0.1) is 14.2 Å². The zero-order chi connectivity index (χ0) is 14.3. The second-order valence-electron chi connectivity index (χ2n) is 5.98. The Bertz CT molecular complexity index is 495. The van der Waals surface area contributed by atoms with E-state index in [4.69, 9.17) is 21.1 Å². The Kier molecular flexibility index (Phi) is 3.83. The molecule has 2 aliphatic carbocycles. The molecule has 0 aliphatic heterocycles. The van der Waals surface area contributed by atoms with Gasteiger partial charge in [-0.1, -0.05) is 11.6 Å². The van der Waals surface area contributed by atoms with Crippen molar-refractivity contribution in [3.8, 4) is 11.5 Å². The minimum Gasteiger partial charge on any atom is -0.493 e. The van der Waals surface area contributed by atoms with Crippen LogP contribution < -0.4 is 14.8 Å². The van der Waals surface area contributed by atoms with Gasteiger partial charge in [-0.2, -0.15) is 0 Å². The maximum atomic E-state index is 6.46. The molecule has 2 aliphatic rings. The molecule has 0 heterocycles. The third kappa shape index (κ3) is 2.38. The lowest BCUT2D eigenvalue weighted by molar-refractivity contribution is 0.344. The van der Waals surface area contributed by atoms with Crippen LogP contribution in [-0.4, -0.2) is 21.3 Å². The van der Waals surface area contributed by atoms with Crippen LogP contribution in [0.2, 0.25) is 5.02 Å². The highest BCUT2D eigenvalue weighted by molar-refractivity contribution is 6.31. The molecule has 0 spiro atoms. The highest BCUT2D eigenvalue weighted by Gasteiger charge is 2.48. The lowest BCUT2D eigenvalue weighted by Gasteiger charge is -2.26. The molecule has 0 amide bonds. The summed E-state index contributed by atoms with van der Waals surface area (Å²) >= 11 is 6.46. The topological polar surface area (TPSA) is 30.5 Å². The molecular weight excluding hydrogens is 274 g/mol.